The molecule has 0 radical (unpaired) electrons. The minimum atomic E-state index is 0.801. The average molecular weight is 246 g/mol. The number of furan rings is 1. The number of aromatic nitrogens is 2. The lowest BCUT2D eigenvalue weighted by Crippen LogP contribution is -2.38. The summed E-state index contributed by atoms with van der Waals surface area (Å²) in [7, 11) is 0. The van der Waals surface area contributed by atoms with Crippen molar-refractivity contribution < 1.29 is 4.42 Å². The molecule has 0 atom stereocenters. The van der Waals surface area contributed by atoms with Gasteiger partial charge in [-0.25, -0.2) is 4.98 Å². The van der Waals surface area contributed by atoms with E-state index in [2.05, 4.69) is 26.0 Å². The number of hydrogen-bond acceptors (Lipinski definition) is 4. The summed E-state index contributed by atoms with van der Waals surface area (Å²) in [6, 6.07) is 3.91. The highest BCUT2D eigenvalue weighted by Crippen LogP contribution is 2.09. The first kappa shape index (κ1) is 11.5. The van der Waals surface area contributed by atoms with Crippen molar-refractivity contribution in [1.82, 2.24) is 19.8 Å². The summed E-state index contributed by atoms with van der Waals surface area (Å²) in [6.07, 6.45) is 5.65. The lowest BCUT2D eigenvalue weighted by atomic mass is 10.3. The normalized spacial score (nSPS) is 15.8. The summed E-state index contributed by atoms with van der Waals surface area (Å²) >= 11 is 0. The van der Waals surface area contributed by atoms with Gasteiger partial charge in [0.15, 0.2) is 0 Å². The van der Waals surface area contributed by atoms with E-state index < -0.39 is 0 Å². The number of hydrogen-bond donors (Lipinski definition) is 1. The maximum atomic E-state index is 5.27. The van der Waals surface area contributed by atoms with Gasteiger partial charge in [-0.2, -0.15) is 0 Å². The summed E-state index contributed by atoms with van der Waals surface area (Å²) in [5.41, 5.74) is 0. The van der Waals surface area contributed by atoms with Crippen molar-refractivity contribution in [3.63, 3.8) is 0 Å². The Bertz CT molecular complexity index is 477. The molecule has 0 aromatic carbocycles. The standard InChI is InChI=1S/C13H18N4O/c1-2-12(18-9-1)10-14-3-5-16-7-8-17-6-4-15-13(17)11-16/h1-2,4,6,9,14H,3,5,7-8,10-11H2. The molecular weight excluding hydrogens is 228 g/mol. The topological polar surface area (TPSA) is 46.2 Å². The molecule has 2 aromatic rings. The Morgan fingerprint density at radius 1 is 1.39 bits per heavy atom. The van der Waals surface area contributed by atoms with Crippen molar-refractivity contribution in [2.75, 3.05) is 19.6 Å². The fourth-order valence-corrected chi connectivity index (χ4v) is 2.28. The average Bonchev–Trinajstić information content (AvgIpc) is 3.05. The third-order valence-corrected chi connectivity index (χ3v) is 3.31. The highest BCUT2D eigenvalue weighted by atomic mass is 16.3. The predicted molar refractivity (Wildman–Crippen MR) is 67.9 cm³/mol. The van der Waals surface area contributed by atoms with Gasteiger partial charge in [-0.05, 0) is 12.1 Å². The zero-order valence-corrected chi connectivity index (χ0v) is 10.4. The van der Waals surface area contributed by atoms with Gasteiger partial charge in [0, 0.05) is 38.6 Å². The van der Waals surface area contributed by atoms with Gasteiger partial charge < -0.3 is 14.3 Å². The first-order valence-corrected chi connectivity index (χ1v) is 6.37. The molecule has 0 amide bonds. The van der Waals surface area contributed by atoms with Crippen LogP contribution in [0.2, 0.25) is 0 Å². The van der Waals surface area contributed by atoms with Gasteiger partial charge in [0.05, 0.1) is 19.4 Å². The lowest BCUT2D eigenvalue weighted by Gasteiger charge is -2.27. The first-order chi connectivity index (χ1) is 8.92. The molecule has 96 valence electrons. The largest absolute Gasteiger partial charge is 0.468 e. The highest BCUT2D eigenvalue weighted by Gasteiger charge is 2.15. The number of imidazole rings is 1. The van der Waals surface area contributed by atoms with Crippen LogP contribution in [0.3, 0.4) is 0 Å². The number of rotatable bonds is 5. The van der Waals surface area contributed by atoms with Crippen LogP contribution in [0.15, 0.2) is 35.2 Å². The summed E-state index contributed by atoms with van der Waals surface area (Å²) in [4.78, 5) is 6.79. The fourth-order valence-electron chi connectivity index (χ4n) is 2.28. The van der Waals surface area contributed by atoms with E-state index in [4.69, 9.17) is 4.42 Å². The minimum Gasteiger partial charge on any atom is -0.468 e. The van der Waals surface area contributed by atoms with Crippen LogP contribution in [0.4, 0.5) is 0 Å². The zero-order chi connectivity index (χ0) is 12.2. The van der Waals surface area contributed by atoms with Crippen molar-refractivity contribution in [2.45, 2.75) is 19.6 Å². The van der Waals surface area contributed by atoms with E-state index in [-0.39, 0.29) is 0 Å². The molecule has 0 unspecified atom stereocenters. The quantitative estimate of drug-likeness (QED) is 0.802. The van der Waals surface area contributed by atoms with Gasteiger partial charge in [-0.3, -0.25) is 4.90 Å². The zero-order valence-electron chi connectivity index (χ0n) is 10.4. The summed E-state index contributed by atoms with van der Waals surface area (Å²) in [5.74, 6) is 2.16. The van der Waals surface area contributed by atoms with E-state index in [0.29, 0.717) is 0 Å². The molecule has 5 heteroatoms. The second-order valence-electron chi connectivity index (χ2n) is 4.57. The Morgan fingerprint density at radius 3 is 3.28 bits per heavy atom. The molecule has 1 aliphatic rings. The van der Waals surface area contributed by atoms with Gasteiger partial charge in [-0.1, -0.05) is 0 Å². The van der Waals surface area contributed by atoms with E-state index >= 15 is 0 Å². The van der Waals surface area contributed by atoms with Crippen LogP contribution < -0.4 is 5.32 Å². The van der Waals surface area contributed by atoms with Crippen molar-refractivity contribution in [2.24, 2.45) is 0 Å². The molecule has 0 saturated carbocycles. The molecule has 18 heavy (non-hydrogen) atoms. The number of nitrogens with zero attached hydrogens (tertiary/aromatic N) is 3. The predicted octanol–water partition coefficient (Wildman–Crippen LogP) is 1.08. The Morgan fingerprint density at radius 2 is 2.39 bits per heavy atom. The number of nitrogens with one attached hydrogen (secondary N) is 1. The lowest BCUT2D eigenvalue weighted by molar-refractivity contribution is 0.216. The first-order valence-electron chi connectivity index (χ1n) is 6.37. The summed E-state index contributed by atoms with van der Waals surface area (Å²) in [6.45, 7) is 5.93. The minimum absolute atomic E-state index is 0.801. The van der Waals surface area contributed by atoms with Crippen LogP contribution in [0.5, 0.6) is 0 Å². The Hall–Kier alpha value is -1.59. The van der Waals surface area contributed by atoms with Crippen molar-refractivity contribution >= 4 is 0 Å². The molecular formula is C13H18N4O. The third-order valence-electron chi connectivity index (χ3n) is 3.31. The van der Waals surface area contributed by atoms with Crippen LogP contribution in [0.1, 0.15) is 11.6 Å². The van der Waals surface area contributed by atoms with Crippen LogP contribution in [-0.4, -0.2) is 34.1 Å². The summed E-state index contributed by atoms with van der Waals surface area (Å²) < 4.78 is 7.50. The molecule has 0 spiro atoms. The molecule has 5 nitrogen and oxygen atoms in total. The van der Waals surface area contributed by atoms with E-state index in [0.717, 1.165) is 45.0 Å². The maximum Gasteiger partial charge on any atom is 0.122 e. The van der Waals surface area contributed by atoms with Crippen LogP contribution in [0.25, 0.3) is 0 Å². The van der Waals surface area contributed by atoms with E-state index in [1.807, 2.05) is 18.3 Å². The van der Waals surface area contributed by atoms with Gasteiger partial charge in [0.25, 0.3) is 0 Å². The van der Waals surface area contributed by atoms with Crippen LogP contribution in [-0.2, 0) is 19.6 Å². The maximum absolute atomic E-state index is 5.27. The molecule has 0 bridgehead atoms. The Kier molecular flexibility index (Phi) is 3.43. The van der Waals surface area contributed by atoms with Gasteiger partial charge in [0.1, 0.15) is 11.6 Å². The van der Waals surface area contributed by atoms with Crippen molar-refractivity contribution in [3.05, 3.63) is 42.4 Å². The molecule has 0 aliphatic carbocycles. The SMILES string of the molecule is c1coc(CNCCN2CCn3ccnc3C2)c1. The van der Waals surface area contributed by atoms with Crippen molar-refractivity contribution in [3.8, 4) is 0 Å². The smallest absolute Gasteiger partial charge is 0.122 e. The second-order valence-corrected chi connectivity index (χ2v) is 4.57. The molecule has 0 fully saturated rings. The monoisotopic (exact) mass is 246 g/mol. The fraction of sp³-hybridized carbons (Fsp3) is 0.462. The Labute approximate surface area is 106 Å². The Balaban J connectivity index is 1.40. The second kappa shape index (κ2) is 5.37. The number of fused-ring (bicyclic) bond motifs is 1. The van der Waals surface area contributed by atoms with E-state index in [1.165, 1.54) is 5.82 Å². The molecule has 0 saturated heterocycles. The van der Waals surface area contributed by atoms with Gasteiger partial charge in [-0.15, -0.1) is 0 Å². The van der Waals surface area contributed by atoms with Gasteiger partial charge >= 0.3 is 0 Å². The summed E-state index contributed by atoms with van der Waals surface area (Å²) in [5, 5.41) is 3.39. The highest BCUT2D eigenvalue weighted by molar-refractivity contribution is 4.97. The molecule has 1 aliphatic heterocycles. The van der Waals surface area contributed by atoms with E-state index in [1.54, 1.807) is 6.26 Å². The molecule has 3 rings (SSSR count). The molecule has 1 N–H and O–H groups in total. The molecule has 3 heterocycles. The molecule has 2 aromatic heterocycles. The van der Waals surface area contributed by atoms with Gasteiger partial charge in [0.2, 0.25) is 0 Å². The van der Waals surface area contributed by atoms with E-state index in [9.17, 15) is 0 Å². The van der Waals surface area contributed by atoms with Crippen LogP contribution in [0, 0.1) is 0 Å². The van der Waals surface area contributed by atoms with Crippen LogP contribution >= 0.6 is 0 Å². The third kappa shape index (κ3) is 2.63. The van der Waals surface area contributed by atoms with Crippen molar-refractivity contribution in [1.29, 1.82) is 0 Å².